The van der Waals surface area contributed by atoms with Crippen LogP contribution >= 0.6 is 0 Å². The molecule has 3 unspecified atom stereocenters. The maximum Gasteiger partial charge on any atom is 0.472 e. The SMILES string of the molecule is CCCCc1ccc(-c2ccc(C(=O)NCC(=O)NC(C)C(=O)NCC(=O)N3CCCC3C(=O)NCC(=O)NC(CC(N)=O)C(=O)NCB(O)O)cc2)cc1. The molecule has 0 aromatic heterocycles. The van der Waals surface area contributed by atoms with Crippen LogP contribution in [0.3, 0.4) is 0 Å². The molecule has 0 aliphatic carbocycles. The van der Waals surface area contributed by atoms with Gasteiger partial charge in [-0.1, -0.05) is 49.7 Å². The van der Waals surface area contributed by atoms with Crippen LogP contribution in [0.5, 0.6) is 0 Å². The zero-order valence-corrected chi connectivity index (χ0v) is 30.9. The molecule has 3 rings (SSSR count). The quantitative estimate of drug-likeness (QED) is 0.0647. The third-order valence-electron chi connectivity index (χ3n) is 8.66. The number of carbonyl (C=O) groups excluding carboxylic acids is 8. The normalized spacial score (nSPS) is 14.5. The number of amides is 8. The van der Waals surface area contributed by atoms with E-state index in [-0.39, 0.29) is 13.0 Å². The van der Waals surface area contributed by atoms with E-state index < -0.39 is 105 Å². The van der Waals surface area contributed by atoms with Crippen LogP contribution in [-0.2, 0) is 40.0 Å². The fraction of sp³-hybridized carbons (Fsp3) is 0.444. The van der Waals surface area contributed by atoms with E-state index in [4.69, 9.17) is 15.8 Å². The minimum absolute atomic E-state index is 0.206. The summed E-state index contributed by atoms with van der Waals surface area (Å²) < 4.78 is 0. The van der Waals surface area contributed by atoms with Gasteiger partial charge in [-0.2, -0.15) is 0 Å². The second-order valence-corrected chi connectivity index (χ2v) is 13.0. The smallest absolute Gasteiger partial charge is 0.426 e. The molecule has 18 nitrogen and oxygen atoms in total. The highest BCUT2D eigenvalue weighted by molar-refractivity contribution is 6.41. The number of nitrogens with two attached hydrogens (primary N) is 1. The van der Waals surface area contributed by atoms with Crippen LogP contribution in [0, 0.1) is 0 Å². The van der Waals surface area contributed by atoms with Gasteiger partial charge in [-0.3, -0.25) is 38.4 Å². The van der Waals surface area contributed by atoms with Crippen molar-refractivity contribution in [3.63, 3.8) is 0 Å². The Hall–Kier alpha value is -5.82. The number of aryl methyl sites for hydroxylation is 1. The summed E-state index contributed by atoms with van der Waals surface area (Å²) in [6, 6.07) is 11.8. The van der Waals surface area contributed by atoms with Gasteiger partial charge in [0.25, 0.3) is 5.91 Å². The Balaban J connectivity index is 1.40. The molecule has 55 heavy (non-hydrogen) atoms. The summed E-state index contributed by atoms with van der Waals surface area (Å²) in [6.45, 7) is 2.27. The zero-order chi connectivity index (χ0) is 40.5. The van der Waals surface area contributed by atoms with Gasteiger partial charge >= 0.3 is 7.12 Å². The summed E-state index contributed by atoms with van der Waals surface area (Å²) in [5, 5.41) is 32.0. The number of carbonyl (C=O) groups is 8. The number of benzene rings is 2. The van der Waals surface area contributed by atoms with E-state index in [1.807, 2.05) is 24.3 Å². The number of nitrogens with zero attached hydrogens (tertiary/aromatic N) is 1. The monoisotopic (exact) mass is 764 g/mol. The molecule has 0 saturated carbocycles. The van der Waals surface area contributed by atoms with E-state index in [9.17, 15) is 38.4 Å². The van der Waals surface area contributed by atoms with Crippen molar-refractivity contribution in [3.05, 3.63) is 59.7 Å². The molecule has 0 radical (unpaired) electrons. The van der Waals surface area contributed by atoms with Gasteiger partial charge in [0.2, 0.25) is 41.4 Å². The van der Waals surface area contributed by atoms with Crippen molar-refractivity contribution in [1.82, 2.24) is 36.8 Å². The van der Waals surface area contributed by atoms with Gasteiger partial charge in [0.1, 0.15) is 18.1 Å². The third-order valence-corrected chi connectivity index (χ3v) is 8.66. The van der Waals surface area contributed by atoms with Crippen molar-refractivity contribution in [2.24, 2.45) is 5.73 Å². The largest absolute Gasteiger partial charge is 0.472 e. The summed E-state index contributed by atoms with van der Waals surface area (Å²) in [7, 11) is -1.87. The van der Waals surface area contributed by atoms with E-state index in [1.165, 1.54) is 17.4 Å². The van der Waals surface area contributed by atoms with Crippen molar-refractivity contribution in [2.45, 2.75) is 70.5 Å². The summed E-state index contributed by atoms with van der Waals surface area (Å²) in [6.07, 6.45) is 2.88. The van der Waals surface area contributed by atoms with E-state index >= 15 is 0 Å². The first-order chi connectivity index (χ1) is 26.2. The molecule has 1 aliphatic rings. The molecule has 296 valence electrons. The van der Waals surface area contributed by atoms with E-state index in [0.29, 0.717) is 12.0 Å². The second-order valence-electron chi connectivity index (χ2n) is 13.0. The lowest BCUT2D eigenvalue weighted by Gasteiger charge is -2.24. The van der Waals surface area contributed by atoms with Crippen molar-refractivity contribution >= 4 is 54.4 Å². The van der Waals surface area contributed by atoms with Crippen LogP contribution in [-0.4, -0.2) is 120 Å². The van der Waals surface area contributed by atoms with Gasteiger partial charge in [-0.25, -0.2) is 0 Å². The highest BCUT2D eigenvalue weighted by Crippen LogP contribution is 2.21. The summed E-state index contributed by atoms with van der Waals surface area (Å²) in [5.74, 6) is -5.71. The maximum absolute atomic E-state index is 12.9. The van der Waals surface area contributed by atoms with Crippen molar-refractivity contribution in [1.29, 1.82) is 0 Å². The summed E-state index contributed by atoms with van der Waals surface area (Å²) >= 11 is 0. The number of hydrogen-bond acceptors (Lipinski definition) is 10. The van der Waals surface area contributed by atoms with Crippen LogP contribution < -0.4 is 37.6 Å². The van der Waals surface area contributed by atoms with Crippen LogP contribution in [0.1, 0.15) is 61.9 Å². The van der Waals surface area contributed by atoms with Crippen molar-refractivity contribution in [3.8, 4) is 11.1 Å². The molecule has 2 aromatic rings. The number of rotatable bonds is 20. The Labute approximate surface area is 318 Å². The van der Waals surface area contributed by atoms with Gasteiger partial charge in [-0.05, 0) is 61.4 Å². The molecule has 10 N–H and O–H groups in total. The average molecular weight is 765 g/mol. The number of nitrogens with one attached hydrogen (secondary N) is 6. The Kier molecular flexibility index (Phi) is 17.3. The molecular formula is C36H49BN8O10. The Morgan fingerprint density at radius 1 is 0.818 bits per heavy atom. The topological polar surface area (TPSA) is 278 Å². The molecule has 2 aromatic carbocycles. The van der Waals surface area contributed by atoms with Gasteiger partial charge in [0.05, 0.1) is 32.5 Å². The average Bonchev–Trinajstić information content (AvgIpc) is 3.66. The highest BCUT2D eigenvalue weighted by atomic mass is 16.4. The fourth-order valence-electron chi connectivity index (χ4n) is 5.69. The van der Waals surface area contributed by atoms with Crippen LogP contribution in [0.4, 0.5) is 0 Å². The molecule has 3 atom stereocenters. The third kappa shape index (κ3) is 14.5. The van der Waals surface area contributed by atoms with E-state index in [0.717, 1.165) is 30.4 Å². The van der Waals surface area contributed by atoms with Crippen molar-refractivity contribution in [2.75, 3.05) is 32.6 Å². The molecule has 19 heteroatoms. The molecule has 0 bridgehead atoms. The van der Waals surface area contributed by atoms with Crippen LogP contribution in [0.25, 0.3) is 11.1 Å². The summed E-state index contributed by atoms with van der Waals surface area (Å²) in [5.41, 5.74) is 8.71. The molecular weight excluding hydrogens is 715 g/mol. The van der Waals surface area contributed by atoms with Crippen LogP contribution in [0.2, 0.25) is 0 Å². The molecule has 1 heterocycles. The lowest BCUT2D eigenvalue weighted by atomic mass is 9.92. The van der Waals surface area contributed by atoms with Crippen LogP contribution in [0.15, 0.2) is 48.5 Å². The number of unbranched alkanes of at least 4 members (excludes halogenated alkanes) is 1. The highest BCUT2D eigenvalue weighted by Gasteiger charge is 2.34. The predicted molar refractivity (Wildman–Crippen MR) is 200 cm³/mol. The minimum Gasteiger partial charge on any atom is -0.426 e. The molecule has 1 aliphatic heterocycles. The van der Waals surface area contributed by atoms with Gasteiger partial charge < -0.3 is 52.6 Å². The molecule has 8 amide bonds. The molecule has 0 spiro atoms. The van der Waals surface area contributed by atoms with Gasteiger partial charge in [-0.15, -0.1) is 0 Å². The lowest BCUT2D eigenvalue weighted by Crippen LogP contribution is -2.54. The maximum atomic E-state index is 12.9. The Bertz CT molecular complexity index is 1690. The number of likely N-dealkylation sites (tertiary alicyclic amines) is 1. The first-order valence-corrected chi connectivity index (χ1v) is 18.0. The van der Waals surface area contributed by atoms with Gasteiger partial charge in [0.15, 0.2) is 0 Å². The van der Waals surface area contributed by atoms with E-state index in [2.05, 4.69) is 51.0 Å². The van der Waals surface area contributed by atoms with Gasteiger partial charge in [0, 0.05) is 12.1 Å². The number of primary amides is 1. The van der Waals surface area contributed by atoms with Crippen molar-refractivity contribution < 1.29 is 48.4 Å². The number of hydrogen-bond donors (Lipinski definition) is 9. The Morgan fingerprint density at radius 3 is 2.05 bits per heavy atom. The lowest BCUT2D eigenvalue weighted by molar-refractivity contribution is -0.139. The first kappa shape index (κ1) is 43.6. The van der Waals surface area contributed by atoms with E-state index in [1.54, 1.807) is 12.1 Å². The molecule has 1 saturated heterocycles. The summed E-state index contributed by atoms with van der Waals surface area (Å²) in [4.78, 5) is 101. The first-order valence-electron chi connectivity index (χ1n) is 18.0. The standard InChI is InChI=1S/C36H49BN8O10/c1-3-4-6-23-8-10-24(11-9-23)25-12-14-26(15-13-25)34(51)39-18-30(47)43-22(2)33(50)41-20-32(49)45-16-5-7-28(45)36(53)40-19-31(48)44-27(17-29(38)46)35(52)42-21-37(54)55/h8-15,22,27-28,54-55H,3-7,16-21H2,1-2H3,(H2,38,46)(H,39,51)(H,40,53)(H,41,50)(H,42,52)(H,43,47)(H,44,48). The Morgan fingerprint density at radius 2 is 1.44 bits per heavy atom. The zero-order valence-electron chi connectivity index (χ0n) is 30.9. The minimum atomic E-state index is -1.87. The fourth-order valence-corrected chi connectivity index (χ4v) is 5.69. The second kappa shape index (κ2) is 21.8. The molecule has 1 fully saturated rings. The predicted octanol–water partition coefficient (Wildman–Crippen LogP) is -2.36.